The van der Waals surface area contributed by atoms with Crippen molar-refractivity contribution in [3.63, 3.8) is 0 Å². The fourth-order valence-electron chi connectivity index (χ4n) is 3.31. The van der Waals surface area contributed by atoms with Crippen LogP contribution >= 0.6 is 23.6 Å². The minimum Gasteiger partial charge on any atom is -0.467 e. The van der Waals surface area contributed by atoms with Gasteiger partial charge in [-0.15, -0.1) is 11.3 Å². The Morgan fingerprint density at radius 1 is 1.27 bits per heavy atom. The van der Waals surface area contributed by atoms with E-state index in [9.17, 15) is 8.42 Å². The number of thiocarbonyl (C=S) groups is 1. The van der Waals surface area contributed by atoms with E-state index in [0.29, 0.717) is 30.4 Å². The molecule has 138 valence electrons. The van der Waals surface area contributed by atoms with Crippen molar-refractivity contribution in [1.82, 2.24) is 0 Å². The summed E-state index contributed by atoms with van der Waals surface area (Å²) >= 11 is 6.59. The van der Waals surface area contributed by atoms with Gasteiger partial charge in [0.2, 0.25) is 0 Å². The van der Waals surface area contributed by atoms with E-state index in [2.05, 4.69) is 5.32 Å². The highest BCUT2D eigenvalue weighted by Crippen LogP contribution is 2.34. The van der Waals surface area contributed by atoms with E-state index in [1.807, 2.05) is 42.6 Å². The normalized spacial score (nSPS) is 22.2. The molecule has 6 nitrogen and oxygen atoms in total. The van der Waals surface area contributed by atoms with Crippen molar-refractivity contribution in [1.29, 1.82) is 0 Å². The SMILES string of the molecule is CC1Cc2cc(N3CCCN(c4cccs4)S3(=O)=O)ccc2NC(=S)O1. The summed E-state index contributed by atoms with van der Waals surface area (Å²) in [4.78, 5) is 0. The molecule has 3 heterocycles. The first-order valence-electron chi connectivity index (χ1n) is 8.39. The Morgan fingerprint density at radius 3 is 2.85 bits per heavy atom. The van der Waals surface area contributed by atoms with Gasteiger partial charge in [-0.1, -0.05) is 0 Å². The minimum absolute atomic E-state index is 0.0629. The van der Waals surface area contributed by atoms with E-state index >= 15 is 0 Å². The Labute approximate surface area is 162 Å². The lowest BCUT2D eigenvalue weighted by Crippen LogP contribution is -2.49. The van der Waals surface area contributed by atoms with Crippen molar-refractivity contribution in [2.24, 2.45) is 0 Å². The number of hydrogen-bond donors (Lipinski definition) is 1. The van der Waals surface area contributed by atoms with Gasteiger partial charge >= 0.3 is 10.2 Å². The van der Waals surface area contributed by atoms with E-state index < -0.39 is 10.2 Å². The maximum Gasteiger partial charge on any atom is 0.327 e. The number of rotatable bonds is 2. The van der Waals surface area contributed by atoms with Crippen LogP contribution in [0.25, 0.3) is 0 Å². The molecule has 1 aromatic heterocycles. The summed E-state index contributed by atoms with van der Waals surface area (Å²) in [7, 11) is -3.60. The van der Waals surface area contributed by atoms with Gasteiger partial charge in [-0.2, -0.15) is 8.42 Å². The van der Waals surface area contributed by atoms with Crippen molar-refractivity contribution in [3.8, 4) is 0 Å². The summed E-state index contributed by atoms with van der Waals surface area (Å²) in [5, 5.41) is 6.05. The van der Waals surface area contributed by atoms with Crippen LogP contribution in [0.1, 0.15) is 18.9 Å². The van der Waals surface area contributed by atoms with Gasteiger partial charge in [0.15, 0.2) is 0 Å². The van der Waals surface area contributed by atoms with Gasteiger partial charge in [-0.25, -0.2) is 4.31 Å². The first-order valence-corrected chi connectivity index (χ1v) is 11.1. The summed E-state index contributed by atoms with van der Waals surface area (Å²) in [5.74, 6) is 0. The van der Waals surface area contributed by atoms with Crippen molar-refractivity contribution < 1.29 is 13.2 Å². The lowest BCUT2D eigenvalue weighted by molar-refractivity contribution is 0.217. The molecule has 2 aliphatic heterocycles. The molecule has 1 aromatic carbocycles. The number of nitrogens with zero attached hydrogens (tertiary/aromatic N) is 2. The maximum atomic E-state index is 13.2. The van der Waals surface area contributed by atoms with Crippen molar-refractivity contribution in [2.75, 3.05) is 27.0 Å². The topological polar surface area (TPSA) is 61.9 Å². The molecular weight excluding hydrogens is 390 g/mol. The van der Waals surface area contributed by atoms with Crippen LogP contribution in [0.15, 0.2) is 35.7 Å². The summed E-state index contributed by atoms with van der Waals surface area (Å²) in [6, 6.07) is 9.32. The zero-order valence-corrected chi connectivity index (χ0v) is 16.7. The number of thiophene rings is 1. The number of fused-ring (bicyclic) bond motifs is 1. The molecule has 0 radical (unpaired) electrons. The van der Waals surface area contributed by atoms with Gasteiger partial charge in [0.05, 0.1) is 5.69 Å². The van der Waals surface area contributed by atoms with Crippen LogP contribution in [0.2, 0.25) is 0 Å². The highest BCUT2D eigenvalue weighted by Gasteiger charge is 2.35. The van der Waals surface area contributed by atoms with Crippen LogP contribution in [0.4, 0.5) is 16.4 Å². The molecule has 0 amide bonds. The van der Waals surface area contributed by atoms with Crippen molar-refractivity contribution in [2.45, 2.75) is 25.9 Å². The second-order valence-corrected chi connectivity index (χ2v) is 9.42. The van der Waals surface area contributed by atoms with Gasteiger partial charge < -0.3 is 10.1 Å². The summed E-state index contributed by atoms with van der Waals surface area (Å²) in [6.45, 7) is 2.93. The lowest BCUT2D eigenvalue weighted by atomic mass is 10.1. The van der Waals surface area contributed by atoms with E-state index in [1.54, 1.807) is 0 Å². The molecule has 1 atom stereocenters. The molecule has 0 spiro atoms. The lowest BCUT2D eigenvalue weighted by Gasteiger charge is -2.36. The maximum absolute atomic E-state index is 13.2. The Balaban J connectivity index is 1.70. The van der Waals surface area contributed by atoms with Gasteiger partial charge in [0.25, 0.3) is 5.17 Å². The molecule has 0 bridgehead atoms. The minimum atomic E-state index is -3.60. The number of ether oxygens (including phenoxy) is 1. The molecule has 0 saturated carbocycles. The monoisotopic (exact) mass is 409 g/mol. The first-order chi connectivity index (χ1) is 12.4. The molecule has 1 unspecified atom stereocenters. The number of nitrogens with one attached hydrogen (secondary N) is 1. The molecule has 2 aromatic rings. The van der Waals surface area contributed by atoms with Crippen LogP contribution in [0, 0.1) is 0 Å². The standard InChI is InChI=1S/C17H19N3O3S3/c1-12-10-13-11-14(5-6-15(13)18-17(24)23-12)19-7-3-8-20(26(19,21)22)16-4-2-9-25-16/h2,4-6,9,11-12H,3,7-8,10H2,1H3,(H,18,24). The third-order valence-electron chi connectivity index (χ3n) is 4.46. The predicted octanol–water partition coefficient (Wildman–Crippen LogP) is 3.37. The molecule has 0 aliphatic carbocycles. The second kappa shape index (κ2) is 6.71. The van der Waals surface area contributed by atoms with Crippen LogP contribution < -0.4 is 13.9 Å². The zero-order chi connectivity index (χ0) is 18.3. The molecule has 1 fully saturated rings. The molecule has 2 aliphatic rings. The Morgan fingerprint density at radius 2 is 2.08 bits per heavy atom. The van der Waals surface area contributed by atoms with Crippen LogP contribution in [0.5, 0.6) is 0 Å². The summed E-state index contributed by atoms with van der Waals surface area (Å²) < 4.78 is 34.9. The molecular formula is C17H19N3O3S3. The van der Waals surface area contributed by atoms with Crippen molar-refractivity contribution >= 4 is 55.3 Å². The highest BCUT2D eigenvalue weighted by atomic mass is 32.2. The molecule has 26 heavy (non-hydrogen) atoms. The highest BCUT2D eigenvalue weighted by molar-refractivity contribution is 7.94. The Kier molecular flexibility index (Phi) is 4.54. The third-order valence-corrected chi connectivity index (χ3v) is 7.55. The van der Waals surface area contributed by atoms with Gasteiger partial charge in [0.1, 0.15) is 11.1 Å². The molecule has 1 saturated heterocycles. The second-order valence-electron chi connectivity index (χ2n) is 6.34. The third kappa shape index (κ3) is 3.15. The number of hydrogen-bond acceptors (Lipinski definition) is 5. The largest absolute Gasteiger partial charge is 0.467 e. The van der Waals surface area contributed by atoms with E-state index in [0.717, 1.165) is 22.7 Å². The number of benzene rings is 1. The fourth-order valence-corrected chi connectivity index (χ4v) is 6.28. The van der Waals surface area contributed by atoms with Crippen LogP contribution in [-0.4, -0.2) is 32.8 Å². The number of anilines is 3. The quantitative estimate of drug-likeness (QED) is 0.771. The summed E-state index contributed by atoms with van der Waals surface area (Å²) in [6.07, 6.45) is 1.38. The first kappa shape index (κ1) is 17.6. The van der Waals surface area contributed by atoms with Gasteiger partial charge in [-0.3, -0.25) is 4.31 Å². The van der Waals surface area contributed by atoms with E-state index in [-0.39, 0.29) is 6.10 Å². The van der Waals surface area contributed by atoms with E-state index in [4.69, 9.17) is 17.0 Å². The van der Waals surface area contributed by atoms with Gasteiger partial charge in [-0.05, 0) is 66.8 Å². The predicted molar refractivity (Wildman–Crippen MR) is 109 cm³/mol. The fraction of sp³-hybridized carbons (Fsp3) is 0.353. The smallest absolute Gasteiger partial charge is 0.327 e. The van der Waals surface area contributed by atoms with Crippen molar-refractivity contribution in [3.05, 3.63) is 41.3 Å². The van der Waals surface area contributed by atoms with Crippen LogP contribution in [-0.2, 0) is 21.4 Å². The summed E-state index contributed by atoms with van der Waals surface area (Å²) in [5.41, 5.74) is 2.54. The molecule has 9 heteroatoms. The Hall–Kier alpha value is -1.84. The average Bonchev–Trinajstić information content (AvgIpc) is 3.05. The Bertz CT molecular complexity index is 928. The van der Waals surface area contributed by atoms with Crippen LogP contribution in [0.3, 0.4) is 0 Å². The van der Waals surface area contributed by atoms with Gasteiger partial charge in [0, 0.05) is 25.2 Å². The average molecular weight is 410 g/mol. The molecule has 1 N–H and O–H groups in total. The van der Waals surface area contributed by atoms with E-state index in [1.165, 1.54) is 19.9 Å². The molecule has 4 rings (SSSR count). The zero-order valence-electron chi connectivity index (χ0n) is 14.2.